The van der Waals surface area contributed by atoms with E-state index in [0.29, 0.717) is 12.8 Å². The van der Waals surface area contributed by atoms with Crippen molar-refractivity contribution in [2.24, 2.45) is 0 Å². The van der Waals surface area contributed by atoms with Crippen molar-refractivity contribution < 1.29 is 33.6 Å². The Kier molecular flexibility index (Phi) is 45.1. The molecular formula is C51H98O7. The Morgan fingerprint density at radius 2 is 0.638 bits per heavy atom. The van der Waals surface area contributed by atoms with E-state index in [1.165, 1.54) is 197 Å². The lowest BCUT2D eigenvalue weighted by molar-refractivity contribution is -0.760. The molecule has 0 aromatic heterocycles. The van der Waals surface area contributed by atoms with Crippen molar-refractivity contribution in [3.05, 3.63) is 0 Å². The normalized spacial score (nSPS) is 11.9. The van der Waals surface area contributed by atoms with Gasteiger partial charge in [0, 0.05) is 17.6 Å². The van der Waals surface area contributed by atoms with E-state index < -0.39 is 18.0 Å². The summed E-state index contributed by atoms with van der Waals surface area (Å²) in [6.07, 6.45) is 47.5. The molecule has 7 nitrogen and oxygen atoms in total. The second-order valence-corrected chi connectivity index (χ2v) is 17.7. The van der Waals surface area contributed by atoms with Crippen molar-refractivity contribution in [1.82, 2.24) is 0 Å². The highest BCUT2D eigenvalue weighted by Crippen LogP contribution is 2.17. The first kappa shape index (κ1) is 56.4. The van der Waals surface area contributed by atoms with Crippen LogP contribution in [0.5, 0.6) is 0 Å². The van der Waals surface area contributed by atoms with Crippen molar-refractivity contribution in [2.75, 3.05) is 13.2 Å². The smallest absolute Gasteiger partial charge is 0.520 e. The van der Waals surface area contributed by atoms with Crippen LogP contribution >= 0.6 is 0 Å². The molecule has 0 heterocycles. The highest BCUT2D eigenvalue weighted by atomic mass is 17.2. The SMILES string of the molecule is CCCCCCCCCCCCCCCC(=O)OCC(C[O+]([O-])C(=O)CCCCCCCCCCCCCCC)OC(=O)CCCCCCCCCCCCCCC. The van der Waals surface area contributed by atoms with Gasteiger partial charge < -0.3 is 19.2 Å². The minimum atomic E-state index is -0.983. The zero-order valence-corrected chi connectivity index (χ0v) is 39.0. The third-order valence-electron chi connectivity index (χ3n) is 11.8. The van der Waals surface area contributed by atoms with Crippen LogP contribution in [-0.4, -0.2) is 37.2 Å². The van der Waals surface area contributed by atoms with Crippen molar-refractivity contribution >= 4 is 17.9 Å². The van der Waals surface area contributed by atoms with E-state index >= 15 is 0 Å². The summed E-state index contributed by atoms with van der Waals surface area (Å²) in [5.74, 6) is -1.32. The first-order valence-electron chi connectivity index (χ1n) is 25.7. The Morgan fingerprint density at radius 3 is 0.948 bits per heavy atom. The number of hydrogen-bond donors (Lipinski definition) is 0. The molecule has 0 amide bonds. The quantitative estimate of drug-likeness (QED) is 0.0151. The molecule has 1 unspecified atom stereocenters. The van der Waals surface area contributed by atoms with Crippen molar-refractivity contribution in [3.63, 3.8) is 0 Å². The summed E-state index contributed by atoms with van der Waals surface area (Å²) >= 11 is 0. The first-order chi connectivity index (χ1) is 28.4. The van der Waals surface area contributed by atoms with Crippen LogP contribution in [0.3, 0.4) is 0 Å². The highest BCUT2D eigenvalue weighted by molar-refractivity contribution is 5.71. The fourth-order valence-corrected chi connectivity index (χ4v) is 7.86. The topological polar surface area (TPSA) is 95.4 Å². The molecule has 0 spiro atoms. The minimum absolute atomic E-state index is 0.157. The third kappa shape index (κ3) is 42.5. The van der Waals surface area contributed by atoms with Crippen LogP contribution in [0.1, 0.15) is 290 Å². The van der Waals surface area contributed by atoms with Crippen molar-refractivity contribution in [3.8, 4) is 0 Å². The van der Waals surface area contributed by atoms with Gasteiger partial charge in [0.1, 0.15) is 13.0 Å². The van der Waals surface area contributed by atoms with Crippen LogP contribution in [-0.2, 0) is 28.4 Å². The number of unbranched alkanes of at least 4 members (excludes halogenated alkanes) is 36. The van der Waals surface area contributed by atoms with Gasteiger partial charge in [-0.2, -0.15) is 0 Å². The molecule has 0 radical (unpaired) electrons. The Bertz CT molecular complexity index is 877. The number of rotatable bonds is 47. The second kappa shape index (κ2) is 46.4. The van der Waals surface area contributed by atoms with Crippen LogP contribution in [0.2, 0.25) is 0 Å². The Balaban J connectivity index is 4.44. The van der Waals surface area contributed by atoms with Gasteiger partial charge in [0.05, 0.1) is 0 Å². The molecule has 1 atom stereocenters. The molecule has 0 aromatic carbocycles. The number of ether oxygens (including phenoxy) is 2. The van der Waals surface area contributed by atoms with Crippen molar-refractivity contribution in [2.45, 2.75) is 297 Å². The standard InChI is InChI=1S/C51H98O7/c1-4-7-10-13-16-19-22-25-28-31-34-37-40-43-49(52)56-46-48(57-50(53)44-41-38-35-32-29-26-23-20-17-14-11-8-5-2)47-58(55)51(54)45-42-39-36-33-30-27-24-21-18-15-12-9-6-3/h48H,4-47H2,1-3H3. The van der Waals surface area contributed by atoms with Gasteiger partial charge in [-0.15, -0.1) is 0 Å². The van der Waals surface area contributed by atoms with Crippen LogP contribution in [0.4, 0.5) is 0 Å². The van der Waals surface area contributed by atoms with E-state index in [9.17, 15) is 19.6 Å². The molecule has 0 aliphatic heterocycles. The zero-order valence-electron chi connectivity index (χ0n) is 39.0. The lowest BCUT2D eigenvalue weighted by atomic mass is 10.0. The molecule has 0 aromatic rings. The van der Waals surface area contributed by atoms with Gasteiger partial charge in [-0.25, -0.2) is 0 Å². The average molecular weight is 823 g/mol. The number of esters is 2. The Morgan fingerprint density at radius 1 is 0.379 bits per heavy atom. The molecule has 0 rings (SSSR count). The molecular weight excluding hydrogens is 725 g/mol. The predicted octanol–water partition coefficient (Wildman–Crippen LogP) is 15.2. The van der Waals surface area contributed by atoms with E-state index in [0.717, 1.165) is 51.4 Å². The van der Waals surface area contributed by atoms with Crippen LogP contribution < -0.4 is 5.26 Å². The van der Waals surface area contributed by atoms with E-state index in [1.54, 1.807) is 0 Å². The van der Waals surface area contributed by atoms with Crippen LogP contribution in [0, 0.1) is 0 Å². The molecule has 0 saturated carbocycles. The van der Waals surface area contributed by atoms with Crippen LogP contribution in [0.15, 0.2) is 0 Å². The third-order valence-corrected chi connectivity index (χ3v) is 11.8. The van der Waals surface area contributed by atoms with Gasteiger partial charge in [0.15, 0.2) is 12.7 Å². The van der Waals surface area contributed by atoms with Gasteiger partial charge in [0.25, 0.3) is 0 Å². The maximum Gasteiger partial charge on any atom is 0.520 e. The van der Waals surface area contributed by atoms with Crippen LogP contribution in [0.25, 0.3) is 0 Å². The van der Waals surface area contributed by atoms with E-state index in [-0.39, 0.29) is 32.0 Å². The lowest BCUT2D eigenvalue weighted by Crippen LogP contribution is -2.41. The summed E-state index contributed by atoms with van der Waals surface area (Å²) in [5, 5.41) is 12.8. The molecule has 0 fully saturated rings. The average Bonchev–Trinajstić information content (AvgIpc) is 3.22. The maximum atomic E-state index is 12.8. The molecule has 0 aliphatic carbocycles. The summed E-state index contributed by atoms with van der Waals surface area (Å²) in [5.41, 5.74) is 0. The predicted molar refractivity (Wildman–Crippen MR) is 243 cm³/mol. The summed E-state index contributed by atoms with van der Waals surface area (Å²) in [6, 6.07) is 0. The van der Waals surface area contributed by atoms with E-state index in [2.05, 4.69) is 20.8 Å². The molecule has 0 saturated heterocycles. The number of hydrogen-bond acceptors (Lipinski definition) is 6. The maximum absolute atomic E-state index is 12.8. The first-order valence-corrected chi connectivity index (χ1v) is 25.7. The largest absolute Gasteiger partial charge is 0.594 e. The molecule has 0 aliphatic rings. The molecule has 7 heteroatoms. The van der Waals surface area contributed by atoms with Gasteiger partial charge >= 0.3 is 17.9 Å². The highest BCUT2D eigenvalue weighted by Gasteiger charge is 2.24. The fourth-order valence-electron chi connectivity index (χ4n) is 7.86. The molecule has 0 bridgehead atoms. The summed E-state index contributed by atoms with van der Waals surface area (Å²) < 4.78 is 12.5. The number of carbonyl (C=O) groups is 3. The van der Waals surface area contributed by atoms with Gasteiger partial charge in [-0.3, -0.25) is 9.59 Å². The summed E-state index contributed by atoms with van der Waals surface area (Å²) in [6.45, 7) is 6.18. The monoisotopic (exact) mass is 823 g/mol. The minimum Gasteiger partial charge on any atom is -0.594 e. The Hall–Kier alpha value is -1.63. The summed E-state index contributed by atoms with van der Waals surface area (Å²) in [4.78, 5) is 38.1. The van der Waals surface area contributed by atoms with Gasteiger partial charge in [0.2, 0.25) is 0 Å². The number of carbonyl (C=O) groups excluding carboxylic acids is 3. The molecule has 0 N–H and O–H groups in total. The van der Waals surface area contributed by atoms with Crippen molar-refractivity contribution in [1.29, 1.82) is 0 Å². The fraction of sp³-hybridized carbons (Fsp3) is 0.941. The Labute approximate surface area is 360 Å². The second-order valence-electron chi connectivity index (χ2n) is 17.7. The zero-order chi connectivity index (χ0) is 42.4. The van der Waals surface area contributed by atoms with Gasteiger partial charge in [-0.1, -0.05) is 252 Å². The molecule has 344 valence electrons. The van der Waals surface area contributed by atoms with E-state index in [1.807, 2.05) is 0 Å². The van der Waals surface area contributed by atoms with Gasteiger partial charge in [-0.05, 0) is 19.3 Å². The van der Waals surface area contributed by atoms with E-state index in [4.69, 9.17) is 9.47 Å². The summed E-state index contributed by atoms with van der Waals surface area (Å²) in [7, 11) is 0. The molecule has 58 heavy (non-hydrogen) atoms. The lowest BCUT2D eigenvalue weighted by Gasteiger charge is -2.29.